The number of sulfonamides is 1. The lowest BCUT2D eigenvalue weighted by molar-refractivity contribution is 0.510. The van der Waals surface area contributed by atoms with E-state index in [1.165, 1.54) is 0 Å². The fourth-order valence-electron chi connectivity index (χ4n) is 1.36. The van der Waals surface area contributed by atoms with Gasteiger partial charge in [0.1, 0.15) is 0 Å². The zero-order valence-corrected chi connectivity index (χ0v) is 11.0. The Morgan fingerprint density at radius 2 is 2.24 bits per heavy atom. The molecule has 2 rings (SSSR count). The van der Waals surface area contributed by atoms with Crippen LogP contribution in [0.2, 0.25) is 0 Å². The summed E-state index contributed by atoms with van der Waals surface area (Å²) < 4.78 is 30.8. The van der Waals surface area contributed by atoms with E-state index < -0.39 is 10.0 Å². The molecule has 0 bridgehead atoms. The van der Waals surface area contributed by atoms with Crippen molar-refractivity contribution < 1.29 is 12.8 Å². The van der Waals surface area contributed by atoms with E-state index in [1.54, 1.807) is 6.92 Å². The zero-order chi connectivity index (χ0) is 12.5. The van der Waals surface area contributed by atoms with Gasteiger partial charge in [-0.2, -0.15) is 0 Å². The van der Waals surface area contributed by atoms with Crippen molar-refractivity contribution >= 4 is 27.6 Å². The topological polar surface area (TPSA) is 85.1 Å². The molecule has 1 aliphatic carbocycles. The van der Waals surface area contributed by atoms with Gasteiger partial charge in [0.2, 0.25) is 15.9 Å². The highest BCUT2D eigenvalue weighted by molar-refractivity contribution is 7.92. The predicted molar refractivity (Wildman–Crippen MR) is 63.6 cm³/mol. The Kier molecular flexibility index (Phi) is 3.58. The number of hydrogen-bond acceptors (Lipinski definition) is 5. The van der Waals surface area contributed by atoms with E-state index in [0.717, 1.165) is 12.8 Å². The Morgan fingerprint density at radius 3 is 2.82 bits per heavy atom. The van der Waals surface area contributed by atoms with Crippen molar-refractivity contribution in [2.75, 3.05) is 16.4 Å². The lowest BCUT2D eigenvalue weighted by atomic mass is 10.3. The van der Waals surface area contributed by atoms with Crippen LogP contribution in [0.15, 0.2) is 4.42 Å². The minimum Gasteiger partial charge on any atom is -0.407 e. The van der Waals surface area contributed by atoms with Gasteiger partial charge in [-0.1, -0.05) is 12.0 Å². The van der Waals surface area contributed by atoms with Crippen molar-refractivity contribution in [3.63, 3.8) is 0 Å². The molecule has 1 N–H and O–H groups in total. The van der Waals surface area contributed by atoms with Gasteiger partial charge in [-0.05, 0) is 18.8 Å². The number of nitrogens with one attached hydrogen (secondary N) is 1. The summed E-state index contributed by atoms with van der Waals surface area (Å²) in [5.74, 6) is 0.922. The molecule has 6 nitrogen and oxygen atoms in total. The number of hydrogen-bond donors (Lipinski definition) is 1. The molecule has 0 spiro atoms. The van der Waals surface area contributed by atoms with Crippen LogP contribution in [0.1, 0.15) is 31.6 Å². The summed E-state index contributed by atoms with van der Waals surface area (Å²) in [6.45, 7) is 1.76. The van der Waals surface area contributed by atoms with Gasteiger partial charge >= 0.3 is 6.01 Å². The molecular weight excluding hydrogens is 266 g/mol. The number of anilines is 1. The quantitative estimate of drug-likeness (QED) is 0.799. The van der Waals surface area contributed by atoms with E-state index in [-0.39, 0.29) is 23.6 Å². The Hall–Kier alpha value is -0.820. The van der Waals surface area contributed by atoms with Gasteiger partial charge in [-0.3, -0.25) is 0 Å². The molecule has 1 aromatic heterocycles. The van der Waals surface area contributed by atoms with Crippen molar-refractivity contribution in [1.29, 1.82) is 0 Å². The van der Waals surface area contributed by atoms with Crippen molar-refractivity contribution in [3.8, 4) is 0 Å². The zero-order valence-electron chi connectivity index (χ0n) is 9.39. The third-order valence-electron chi connectivity index (χ3n) is 2.38. The SMILES string of the molecule is CC(CCl)CS(=O)(=O)Nc1nnc(C2CC2)o1. The first-order valence-electron chi connectivity index (χ1n) is 5.40. The Bertz CT molecular complexity index is 483. The molecule has 0 aliphatic heterocycles. The average molecular weight is 280 g/mol. The van der Waals surface area contributed by atoms with E-state index >= 15 is 0 Å². The molecule has 0 saturated heterocycles. The van der Waals surface area contributed by atoms with Crippen LogP contribution in [0, 0.1) is 5.92 Å². The van der Waals surface area contributed by atoms with E-state index in [0.29, 0.717) is 11.8 Å². The highest BCUT2D eigenvalue weighted by atomic mass is 35.5. The number of alkyl halides is 1. The second-order valence-electron chi connectivity index (χ2n) is 4.36. The molecule has 0 aromatic carbocycles. The lowest BCUT2D eigenvalue weighted by Crippen LogP contribution is -2.22. The van der Waals surface area contributed by atoms with Crippen LogP contribution in [-0.4, -0.2) is 30.2 Å². The molecule has 8 heteroatoms. The Balaban J connectivity index is 1.98. The number of nitrogens with zero attached hydrogens (tertiary/aromatic N) is 2. The number of rotatable bonds is 6. The summed E-state index contributed by atoms with van der Waals surface area (Å²) >= 11 is 5.57. The normalized spacial score (nSPS) is 18.0. The summed E-state index contributed by atoms with van der Waals surface area (Å²) in [7, 11) is -3.47. The maximum atomic E-state index is 11.7. The van der Waals surface area contributed by atoms with E-state index in [1.807, 2.05) is 0 Å². The third kappa shape index (κ3) is 3.57. The first-order valence-corrected chi connectivity index (χ1v) is 7.58. The second kappa shape index (κ2) is 4.81. The van der Waals surface area contributed by atoms with Gasteiger partial charge in [0, 0.05) is 11.8 Å². The molecule has 1 aliphatic rings. The van der Waals surface area contributed by atoms with Crippen LogP contribution in [-0.2, 0) is 10.0 Å². The summed E-state index contributed by atoms with van der Waals surface area (Å²) in [4.78, 5) is 0. The Labute approximate surface area is 105 Å². The monoisotopic (exact) mass is 279 g/mol. The van der Waals surface area contributed by atoms with Crippen molar-refractivity contribution in [2.45, 2.75) is 25.7 Å². The van der Waals surface area contributed by atoms with E-state index in [9.17, 15) is 8.42 Å². The maximum absolute atomic E-state index is 11.7. The fraction of sp³-hybridized carbons (Fsp3) is 0.778. The minimum atomic E-state index is -3.47. The summed E-state index contributed by atoms with van der Waals surface area (Å²) in [5.41, 5.74) is 0. The molecule has 1 atom stereocenters. The first-order chi connectivity index (χ1) is 8.00. The molecule has 1 saturated carbocycles. The molecule has 96 valence electrons. The van der Waals surface area contributed by atoms with Crippen LogP contribution in [0.3, 0.4) is 0 Å². The largest absolute Gasteiger partial charge is 0.407 e. The molecular formula is C9H14ClN3O3S. The van der Waals surface area contributed by atoms with Gasteiger partial charge in [0.25, 0.3) is 0 Å². The smallest absolute Gasteiger partial charge is 0.329 e. The maximum Gasteiger partial charge on any atom is 0.329 e. The highest BCUT2D eigenvalue weighted by Gasteiger charge is 2.30. The van der Waals surface area contributed by atoms with E-state index in [2.05, 4.69) is 14.9 Å². The molecule has 0 amide bonds. The summed E-state index contributed by atoms with van der Waals surface area (Å²) in [6.07, 6.45) is 2.05. The predicted octanol–water partition coefficient (Wildman–Crippen LogP) is 1.56. The molecule has 1 heterocycles. The lowest BCUT2D eigenvalue weighted by Gasteiger charge is -2.07. The van der Waals surface area contributed by atoms with Crippen molar-refractivity contribution in [1.82, 2.24) is 10.2 Å². The molecule has 1 aromatic rings. The average Bonchev–Trinajstić information content (AvgIpc) is 2.99. The molecule has 0 radical (unpaired) electrons. The van der Waals surface area contributed by atoms with Gasteiger partial charge in [0.05, 0.1) is 5.75 Å². The van der Waals surface area contributed by atoms with Crippen LogP contribution in [0.4, 0.5) is 6.01 Å². The first kappa shape index (κ1) is 12.6. The molecule has 1 fully saturated rings. The van der Waals surface area contributed by atoms with Crippen LogP contribution in [0.25, 0.3) is 0 Å². The Morgan fingerprint density at radius 1 is 1.53 bits per heavy atom. The van der Waals surface area contributed by atoms with E-state index in [4.69, 9.17) is 16.0 Å². The number of halogens is 1. The van der Waals surface area contributed by atoms with Gasteiger partial charge in [-0.25, -0.2) is 13.1 Å². The van der Waals surface area contributed by atoms with Crippen LogP contribution < -0.4 is 4.72 Å². The summed E-state index contributed by atoms with van der Waals surface area (Å²) in [6, 6.07) is -0.0614. The fourth-order valence-corrected chi connectivity index (χ4v) is 2.90. The number of aromatic nitrogens is 2. The van der Waals surface area contributed by atoms with Gasteiger partial charge in [0.15, 0.2) is 0 Å². The minimum absolute atomic E-state index is 0.0579. The standard InChI is InChI=1S/C9H14ClN3O3S/c1-6(4-10)5-17(14,15)13-9-12-11-8(16-9)7-2-3-7/h6-7H,2-5H2,1H3,(H,12,13). The van der Waals surface area contributed by atoms with Crippen LogP contribution >= 0.6 is 11.6 Å². The highest BCUT2D eigenvalue weighted by Crippen LogP contribution is 2.39. The third-order valence-corrected chi connectivity index (χ3v) is 4.40. The van der Waals surface area contributed by atoms with Crippen molar-refractivity contribution in [2.24, 2.45) is 5.92 Å². The van der Waals surface area contributed by atoms with Crippen molar-refractivity contribution in [3.05, 3.63) is 5.89 Å². The van der Waals surface area contributed by atoms with Gasteiger partial charge in [-0.15, -0.1) is 16.7 Å². The summed E-state index contributed by atoms with van der Waals surface area (Å²) in [5, 5.41) is 7.45. The van der Waals surface area contributed by atoms with Gasteiger partial charge < -0.3 is 4.42 Å². The molecule has 17 heavy (non-hydrogen) atoms. The molecule has 1 unspecified atom stereocenters. The second-order valence-corrected chi connectivity index (χ2v) is 6.44. The van der Waals surface area contributed by atoms with Crippen LogP contribution in [0.5, 0.6) is 0 Å².